The fourth-order valence-corrected chi connectivity index (χ4v) is 4.33. The number of rotatable bonds is 3. The molecule has 0 unspecified atom stereocenters. The van der Waals surface area contributed by atoms with Crippen LogP contribution in [0.5, 0.6) is 0 Å². The van der Waals surface area contributed by atoms with Crippen LogP contribution >= 0.6 is 0 Å². The predicted octanol–water partition coefficient (Wildman–Crippen LogP) is 3.96. The van der Waals surface area contributed by atoms with Crippen LogP contribution in [0.4, 0.5) is 0 Å². The number of nitrogens with zero attached hydrogens (tertiary/aromatic N) is 1. The monoisotopic (exact) mass is 273 g/mol. The minimum Gasteiger partial charge on any atom is -0.379 e. The fraction of sp³-hybridized carbons (Fsp3) is 0.667. The van der Waals surface area contributed by atoms with E-state index in [1.807, 2.05) is 7.11 Å². The van der Waals surface area contributed by atoms with Gasteiger partial charge in [-0.1, -0.05) is 49.6 Å². The molecule has 2 heteroatoms. The highest BCUT2D eigenvalue weighted by atomic mass is 16.5. The summed E-state index contributed by atoms with van der Waals surface area (Å²) in [6.45, 7) is 2.46. The van der Waals surface area contributed by atoms with Crippen molar-refractivity contribution in [3.05, 3.63) is 35.9 Å². The van der Waals surface area contributed by atoms with Crippen LogP contribution in [0.2, 0.25) is 0 Å². The van der Waals surface area contributed by atoms with E-state index in [9.17, 15) is 0 Å². The van der Waals surface area contributed by atoms with Gasteiger partial charge in [0, 0.05) is 7.11 Å². The Bertz CT molecular complexity index is 413. The molecule has 2 nitrogen and oxygen atoms in total. The van der Waals surface area contributed by atoms with E-state index in [1.165, 1.54) is 63.6 Å². The van der Waals surface area contributed by atoms with Crippen LogP contribution in [-0.4, -0.2) is 31.2 Å². The summed E-state index contributed by atoms with van der Waals surface area (Å²) in [5.41, 5.74) is 1.59. The van der Waals surface area contributed by atoms with Crippen LogP contribution in [0.3, 0.4) is 0 Å². The lowest BCUT2D eigenvalue weighted by Gasteiger charge is -2.52. The van der Waals surface area contributed by atoms with Crippen molar-refractivity contribution >= 4 is 0 Å². The Kier molecular flexibility index (Phi) is 4.42. The Balaban J connectivity index is 2.01. The van der Waals surface area contributed by atoms with E-state index in [2.05, 4.69) is 35.2 Å². The van der Waals surface area contributed by atoms with Crippen molar-refractivity contribution < 1.29 is 4.74 Å². The van der Waals surface area contributed by atoms with E-state index in [-0.39, 0.29) is 5.54 Å². The second kappa shape index (κ2) is 6.28. The average molecular weight is 273 g/mol. The summed E-state index contributed by atoms with van der Waals surface area (Å²) < 4.78 is 5.97. The van der Waals surface area contributed by atoms with Gasteiger partial charge < -0.3 is 4.74 Å². The first-order valence-corrected chi connectivity index (χ1v) is 8.21. The highest BCUT2D eigenvalue weighted by Crippen LogP contribution is 2.44. The first kappa shape index (κ1) is 14.1. The van der Waals surface area contributed by atoms with Gasteiger partial charge in [-0.3, -0.25) is 4.90 Å². The van der Waals surface area contributed by atoms with Crippen LogP contribution in [0.15, 0.2) is 30.3 Å². The molecule has 0 aromatic heterocycles. The second-order valence-corrected chi connectivity index (χ2v) is 6.31. The van der Waals surface area contributed by atoms with Crippen molar-refractivity contribution in [2.24, 2.45) is 0 Å². The Labute approximate surface area is 123 Å². The van der Waals surface area contributed by atoms with Gasteiger partial charge in [-0.2, -0.15) is 0 Å². The van der Waals surface area contributed by atoms with Crippen molar-refractivity contribution in [2.45, 2.75) is 56.6 Å². The smallest absolute Gasteiger partial charge is 0.0796 e. The normalized spacial score (nSPS) is 32.1. The minimum absolute atomic E-state index is 0.120. The summed E-state index contributed by atoms with van der Waals surface area (Å²) in [4.78, 5) is 2.74. The van der Waals surface area contributed by atoms with Gasteiger partial charge in [-0.15, -0.1) is 0 Å². The maximum absolute atomic E-state index is 5.97. The summed E-state index contributed by atoms with van der Waals surface area (Å²) in [5, 5.41) is 0. The number of methoxy groups -OCH3 is 1. The molecule has 2 aliphatic rings. The van der Waals surface area contributed by atoms with E-state index in [1.54, 1.807) is 0 Å². The number of benzene rings is 1. The lowest BCUT2D eigenvalue weighted by atomic mass is 9.72. The molecule has 0 radical (unpaired) electrons. The number of piperidine rings is 1. The van der Waals surface area contributed by atoms with E-state index in [0.717, 1.165) is 0 Å². The Morgan fingerprint density at radius 3 is 2.45 bits per heavy atom. The Morgan fingerprint density at radius 2 is 1.75 bits per heavy atom. The average Bonchev–Trinajstić information content (AvgIpc) is 2.56. The molecule has 110 valence electrons. The van der Waals surface area contributed by atoms with Crippen molar-refractivity contribution in [1.29, 1.82) is 0 Å². The van der Waals surface area contributed by atoms with Gasteiger partial charge in [-0.05, 0) is 44.3 Å². The van der Waals surface area contributed by atoms with Crippen LogP contribution in [0.1, 0.15) is 50.5 Å². The van der Waals surface area contributed by atoms with Gasteiger partial charge in [0.05, 0.1) is 11.6 Å². The zero-order valence-corrected chi connectivity index (χ0v) is 12.7. The van der Waals surface area contributed by atoms with Crippen LogP contribution in [0, 0.1) is 0 Å². The molecule has 1 saturated carbocycles. The molecule has 0 amide bonds. The van der Waals surface area contributed by atoms with Gasteiger partial charge in [-0.25, -0.2) is 0 Å². The summed E-state index contributed by atoms with van der Waals surface area (Å²) in [6, 6.07) is 11.1. The standard InChI is InChI=1S/C18H27NO/c1-20-17-12-6-7-13-18(17,16-10-4-2-5-11-16)19-14-8-3-9-15-19/h2,4-5,10-11,17H,3,6-9,12-15H2,1H3/t17-,18+/m0/s1. The van der Waals surface area contributed by atoms with Gasteiger partial charge >= 0.3 is 0 Å². The largest absolute Gasteiger partial charge is 0.379 e. The third kappa shape index (κ3) is 2.40. The van der Waals surface area contributed by atoms with Crippen molar-refractivity contribution in [3.8, 4) is 0 Å². The summed E-state index contributed by atoms with van der Waals surface area (Å²) in [5.74, 6) is 0. The molecule has 2 atom stereocenters. The number of hydrogen-bond acceptors (Lipinski definition) is 2. The number of hydrogen-bond donors (Lipinski definition) is 0. The SMILES string of the molecule is CO[C@H]1CCCC[C@]1(c1ccccc1)N1CCCCC1. The molecule has 1 saturated heterocycles. The lowest BCUT2D eigenvalue weighted by molar-refractivity contribution is -0.0913. The van der Waals surface area contributed by atoms with Gasteiger partial charge in [0.2, 0.25) is 0 Å². The molecule has 2 fully saturated rings. The number of likely N-dealkylation sites (tertiary alicyclic amines) is 1. The quantitative estimate of drug-likeness (QED) is 0.826. The summed E-state index contributed by atoms with van der Waals surface area (Å²) >= 11 is 0. The lowest BCUT2D eigenvalue weighted by Crippen LogP contribution is -2.57. The zero-order valence-electron chi connectivity index (χ0n) is 12.7. The van der Waals surface area contributed by atoms with E-state index in [4.69, 9.17) is 4.74 Å². The third-order valence-electron chi connectivity index (χ3n) is 5.29. The topological polar surface area (TPSA) is 12.5 Å². The van der Waals surface area contributed by atoms with Crippen molar-refractivity contribution in [2.75, 3.05) is 20.2 Å². The van der Waals surface area contributed by atoms with E-state index < -0.39 is 0 Å². The van der Waals surface area contributed by atoms with Crippen molar-refractivity contribution in [1.82, 2.24) is 4.90 Å². The molecule has 3 rings (SSSR count). The maximum Gasteiger partial charge on any atom is 0.0796 e. The van der Waals surface area contributed by atoms with Crippen molar-refractivity contribution in [3.63, 3.8) is 0 Å². The molecule has 0 N–H and O–H groups in total. The molecular weight excluding hydrogens is 246 g/mol. The molecule has 20 heavy (non-hydrogen) atoms. The predicted molar refractivity (Wildman–Crippen MR) is 82.8 cm³/mol. The molecule has 1 aliphatic heterocycles. The van der Waals surface area contributed by atoms with Crippen LogP contribution in [-0.2, 0) is 10.3 Å². The van der Waals surface area contributed by atoms with Gasteiger partial charge in [0.1, 0.15) is 0 Å². The number of ether oxygens (including phenoxy) is 1. The van der Waals surface area contributed by atoms with E-state index >= 15 is 0 Å². The molecule has 0 spiro atoms. The summed E-state index contributed by atoms with van der Waals surface area (Å²) in [7, 11) is 1.90. The third-order valence-corrected chi connectivity index (χ3v) is 5.29. The molecule has 1 heterocycles. The molecular formula is C18H27NO. The van der Waals surface area contributed by atoms with E-state index in [0.29, 0.717) is 6.10 Å². The molecule has 1 aromatic carbocycles. The maximum atomic E-state index is 5.97. The first-order chi connectivity index (χ1) is 9.88. The molecule has 1 aliphatic carbocycles. The Morgan fingerprint density at radius 1 is 1.00 bits per heavy atom. The fourth-order valence-electron chi connectivity index (χ4n) is 4.33. The van der Waals surface area contributed by atoms with Crippen LogP contribution in [0.25, 0.3) is 0 Å². The molecule has 1 aromatic rings. The zero-order chi connectivity index (χ0) is 13.8. The second-order valence-electron chi connectivity index (χ2n) is 6.31. The van der Waals surface area contributed by atoms with Gasteiger partial charge in [0.25, 0.3) is 0 Å². The highest BCUT2D eigenvalue weighted by Gasteiger charge is 2.47. The van der Waals surface area contributed by atoms with Gasteiger partial charge in [0.15, 0.2) is 0 Å². The minimum atomic E-state index is 0.120. The first-order valence-electron chi connectivity index (χ1n) is 8.21. The highest BCUT2D eigenvalue weighted by molar-refractivity contribution is 5.27. The Hall–Kier alpha value is -0.860. The van der Waals surface area contributed by atoms with Crippen LogP contribution < -0.4 is 0 Å². The summed E-state index contributed by atoms with van der Waals surface area (Å²) in [6.07, 6.45) is 9.48. The molecule has 0 bridgehead atoms.